The molecule has 29 heavy (non-hydrogen) atoms. The third-order valence-corrected chi connectivity index (χ3v) is 6.26. The standard InChI is InChI=1S/C21H34N6O2/c1-25(2)20-23-17-8-4-3-7-16(17)19(24-20)27-12-5-9-21(29,15-27)14-26-11-6-10-22-18(28)13-26/h29H,3-15H2,1-2H3,(H,22,28). The van der Waals surface area contributed by atoms with Gasteiger partial charge in [0.25, 0.3) is 0 Å². The highest BCUT2D eigenvalue weighted by atomic mass is 16.3. The van der Waals surface area contributed by atoms with Gasteiger partial charge < -0.3 is 20.2 Å². The third kappa shape index (κ3) is 4.64. The first-order valence-electron chi connectivity index (χ1n) is 11.0. The summed E-state index contributed by atoms with van der Waals surface area (Å²) in [4.78, 5) is 27.9. The number of rotatable bonds is 4. The molecular formula is C21H34N6O2. The van der Waals surface area contributed by atoms with Crippen LogP contribution < -0.4 is 15.1 Å². The summed E-state index contributed by atoms with van der Waals surface area (Å²) in [6.07, 6.45) is 6.98. The van der Waals surface area contributed by atoms with Crippen LogP contribution in [0.25, 0.3) is 0 Å². The summed E-state index contributed by atoms with van der Waals surface area (Å²) in [5, 5.41) is 14.4. The van der Waals surface area contributed by atoms with Crippen LogP contribution in [-0.4, -0.2) is 84.8 Å². The molecule has 8 heteroatoms. The van der Waals surface area contributed by atoms with Gasteiger partial charge in [-0.3, -0.25) is 9.69 Å². The molecule has 3 heterocycles. The van der Waals surface area contributed by atoms with E-state index in [0.717, 1.165) is 63.5 Å². The van der Waals surface area contributed by atoms with E-state index in [1.807, 2.05) is 19.0 Å². The lowest BCUT2D eigenvalue weighted by Gasteiger charge is -2.43. The lowest BCUT2D eigenvalue weighted by Crippen LogP contribution is -2.55. The van der Waals surface area contributed by atoms with Crippen LogP contribution in [0.3, 0.4) is 0 Å². The van der Waals surface area contributed by atoms with Crippen molar-refractivity contribution in [2.75, 3.05) is 63.2 Å². The van der Waals surface area contributed by atoms with Crippen LogP contribution in [0.15, 0.2) is 0 Å². The number of piperidine rings is 1. The average molecular weight is 403 g/mol. The van der Waals surface area contributed by atoms with Gasteiger partial charge in [-0.05, 0) is 44.9 Å². The first-order chi connectivity index (χ1) is 13.9. The van der Waals surface area contributed by atoms with Crippen molar-refractivity contribution in [3.05, 3.63) is 11.3 Å². The Morgan fingerprint density at radius 3 is 2.79 bits per heavy atom. The molecule has 0 saturated carbocycles. The first-order valence-corrected chi connectivity index (χ1v) is 11.0. The monoisotopic (exact) mass is 402 g/mol. The Bertz CT molecular complexity index is 755. The Hall–Kier alpha value is -1.93. The molecule has 1 unspecified atom stereocenters. The lowest BCUT2D eigenvalue weighted by molar-refractivity contribution is -0.122. The summed E-state index contributed by atoms with van der Waals surface area (Å²) in [6, 6.07) is 0. The molecule has 3 aliphatic rings. The molecule has 0 radical (unpaired) electrons. The number of carbonyl (C=O) groups excluding carboxylic acids is 1. The van der Waals surface area contributed by atoms with Crippen LogP contribution in [0.4, 0.5) is 11.8 Å². The van der Waals surface area contributed by atoms with Crippen molar-refractivity contribution < 1.29 is 9.90 Å². The van der Waals surface area contributed by atoms with Gasteiger partial charge in [-0.1, -0.05) is 0 Å². The Labute approximate surface area is 173 Å². The van der Waals surface area contributed by atoms with E-state index in [4.69, 9.17) is 9.97 Å². The zero-order chi connectivity index (χ0) is 20.4. The normalized spacial score (nSPS) is 25.9. The van der Waals surface area contributed by atoms with Gasteiger partial charge in [0.2, 0.25) is 11.9 Å². The lowest BCUT2D eigenvalue weighted by atomic mass is 9.90. The molecule has 2 N–H and O–H groups in total. The molecular weight excluding hydrogens is 368 g/mol. The maximum atomic E-state index is 11.9. The number of β-amino-alcohol motifs (C(OH)–C–C–N with tert-alkyl or cyclic N) is 1. The predicted molar refractivity (Wildman–Crippen MR) is 113 cm³/mol. The Kier molecular flexibility index (Phi) is 5.92. The van der Waals surface area contributed by atoms with Gasteiger partial charge in [-0.15, -0.1) is 0 Å². The molecule has 1 aromatic rings. The van der Waals surface area contributed by atoms with Crippen LogP contribution in [0.2, 0.25) is 0 Å². The topological polar surface area (TPSA) is 84.8 Å². The highest BCUT2D eigenvalue weighted by molar-refractivity contribution is 5.78. The Morgan fingerprint density at radius 1 is 1.14 bits per heavy atom. The third-order valence-electron chi connectivity index (χ3n) is 6.26. The van der Waals surface area contributed by atoms with Crippen molar-refractivity contribution in [1.82, 2.24) is 20.2 Å². The van der Waals surface area contributed by atoms with Crippen LogP contribution in [0, 0.1) is 0 Å². The summed E-state index contributed by atoms with van der Waals surface area (Å²) in [7, 11) is 3.95. The largest absolute Gasteiger partial charge is 0.387 e. The van der Waals surface area contributed by atoms with Crippen molar-refractivity contribution in [2.24, 2.45) is 0 Å². The van der Waals surface area contributed by atoms with Crippen molar-refractivity contribution in [2.45, 2.75) is 50.5 Å². The van der Waals surface area contributed by atoms with Gasteiger partial charge in [-0.25, -0.2) is 4.98 Å². The van der Waals surface area contributed by atoms with Crippen LogP contribution in [-0.2, 0) is 17.6 Å². The number of hydrogen-bond acceptors (Lipinski definition) is 7. The molecule has 1 aromatic heterocycles. The SMILES string of the molecule is CN(C)c1nc2c(c(N3CCCC(O)(CN4CCCNC(=O)C4)C3)n1)CCCC2. The second kappa shape index (κ2) is 8.44. The second-order valence-corrected chi connectivity index (χ2v) is 9.04. The average Bonchev–Trinajstić information content (AvgIpc) is 2.90. The molecule has 1 amide bonds. The van der Waals surface area contributed by atoms with Gasteiger partial charge in [0.05, 0.1) is 17.8 Å². The van der Waals surface area contributed by atoms with Gasteiger partial charge in [-0.2, -0.15) is 4.98 Å². The predicted octanol–water partition coefficient (Wildman–Crippen LogP) is 0.575. The van der Waals surface area contributed by atoms with E-state index in [0.29, 0.717) is 19.6 Å². The molecule has 1 aliphatic carbocycles. The number of amides is 1. The van der Waals surface area contributed by atoms with E-state index in [1.165, 1.54) is 24.1 Å². The number of aryl methyl sites for hydroxylation is 1. The van der Waals surface area contributed by atoms with E-state index in [2.05, 4.69) is 15.1 Å². The number of aliphatic hydroxyl groups is 1. The van der Waals surface area contributed by atoms with Crippen molar-refractivity contribution in [3.8, 4) is 0 Å². The second-order valence-electron chi connectivity index (χ2n) is 9.04. The van der Waals surface area contributed by atoms with E-state index in [1.54, 1.807) is 0 Å². The van der Waals surface area contributed by atoms with E-state index in [9.17, 15) is 9.90 Å². The number of aromatic nitrogens is 2. The Balaban J connectivity index is 1.56. The van der Waals surface area contributed by atoms with E-state index in [-0.39, 0.29) is 5.91 Å². The van der Waals surface area contributed by atoms with Gasteiger partial charge in [0.1, 0.15) is 5.82 Å². The molecule has 2 saturated heterocycles. The minimum absolute atomic E-state index is 0.0549. The van der Waals surface area contributed by atoms with Crippen LogP contribution >= 0.6 is 0 Å². The summed E-state index contributed by atoms with van der Waals surface area (Å²) < 4.78 is 0. The zero-order valence-electron chi connectivity index (χ0n) is 17.8. The number of fused-ring (bicyclic) bond motifs is 1. The number of carbonyl (C=O) groups is 1. The van der Waals surface area contributed by atoms with Gasteiger partial charge in [0.15, 0.2) is 0 Å². The van der Waals surface area contributed by atoms with Crippen LogP contribution in [0.5, 0.6) is 0 Å². The fraction of sp³-hybridized carbons (Fsp3) is 0.762. The first kappa shape index (κ1) is 20.3. The number of anilines is 2. The highest BCUT2D eigenvalue weighted by Gasteiger charge is 2.37. The molecule has 4 rings (SSSR count). The number of nitrogens with one attached hydrogen (secondary N) is 1. The fourth-order valence-corrected chi connectivity index (χ4v) is 4.87. The van der Waals surface area contributed by atoms with Crippen molar-refractivity contribution in [1.29, 1.82) is 0 Å². The van der Waals surface area contributed by atoms with Crippen molar-refractivity contribution >= 4 is 17.7 Å². The fourth-order valence-electron chi connectivity index (χ4n) is 4.87. The Morgan fingerprint density at radius 2 is 1.97 bits per heavy atom. The van der Waals surface area contributed by atoms with Crippen LogP contribution in [0.1, 0.15) is 43.4 Å². The van der Waals surface area contributed by atoms with E-state index >= 15 is 0 Å². The summed E-state index contributed by atoms with van der Waals surface area (Å²) in [6.45, 7) is 3.93. The molecule has 160 valence electrons. The maximum absolute atomic E-state index is 11.9. The molecule has 0 bridgehead atoms. The van der Waals surface area contributed by atoms with Gasteiger partial charge in [0, 0.05) is 52.4 Å². The summed E-state index contributed by atoms with van der Waals surface area (Å²) in [5.41, 5.74) is 1.61. The maximum Gasteiger partial charge on any atom is 0.234 e. The minimum Gasteiger partial charge on any atom is -0.387 e. The highest BCUT2D eigenvalue weighted by Crippen LogP contribution is 2.33. The van der Waals surface area contributed by atoms with E-state index < -0.39 is 5.60 Å². The van der Waals surface area contributed by atoms with Crippen molar-refractivity contribution in [3.63, 3.8) is 0 Å². The minimum atomic E-state index is -0.826. The summed E-state index contributed by atoms with van der Waals surface area (Å²) in [5.74, 6) is 1.81. The molecule has 1 atom stereocenters. The molecule has 8 nitrogen and oxygen atoms in total. The summed E-state index contributed by atoms with van der Waals surface area (Å²) >= 11 is 0. The molecule has 2 fully saturated rings. The molecule has 2 aliphatic heterocycles. The molecule has 0 spiro atoms. The zero-order valence-corrected chi connectivity index (χ0v) is 17.8. The smallest absolute Gasteiger partial charge is 0.234 e. The quantitative estimate of drug-likeness (QED) is 0.762. The van der Waals surface area contributed by atoms with Gasteiger partial charge >= 0.3 is 0 Å². The number of hydrogen-bond donors (Lipinski definition) is 2. The molecule has 0 aromatic carbocycles. The number of nitrogens with zero attached hydrogens (tertiary/aromatic N) is 5.